The van der Waals surface area contributed by atoms with E-state index in [0.29, 0.717) is 23.1 Å². The second kappa shape index (κ2) is 7.41. The SMILES string of the molecule is C/C=C(\C=N/c1cnccc1Cl)OCCBr. The first-order valence-corrected chi connectivity index (χ1v) is 6.26. The number of aliphatic imine (C=N–C) groups is 1. The average molecular weight is 304 g/mol. The summed E-state index contributed by atoms with van der Waals surface area (Å²) in [5.74, 6) is 0.708. The van der Waals surface area contributed by atoms with Gasteiger partial charge in [-0.3, -0.25) is 4.98 Å². The predicted molar refractivity (Wildman–Crippen MR) is 70.9 cm³/mol. The highest BCUT2D eigenvalue weighted by atomic mass is 79.9. The number of ether oxygens (including phenoxy) is 1. The van der Waals surface area contributed by atoms with Crippen LogP contribution in [0.4, 0.5) is 5.69 Å². The molecule has 0 aromatic carbocycles. The van der Waals surface area contributed by atoms with Crippen molar-refractivity contribution in [2.24, 2.45) is 4.99 Å². The summed E-state index contributed by atoms with van der Waals surface area (Å²) in [6.07, 6.45) is 6.71. The molecule has 0 radical (unpaired) electrons. The van der Waals surface area contributed by atoms with Gasteiger partial charge >= 0.3 is 0 Å². The van der Waals surface area contributed by atoms with Crippen molar-refractivity contribution in [3.63, 3.8) is 0 Å². The summed E-state index contributed by atoms with van der Waals surface area (Å²) in [5, 5.41) is 1.36. The van der Waals surface area contributed by atoms with Gasteiger partial charge in [-0.15, -0.1) is 0 Å². The third kappa shape index (κ3) is 4.33. The summed E-state index contributed by atoms with van der Waals surface area (Å²) in [5.41, 5.74) is 0.631. The highest BCUT2D eigenvalue weighted by Gasteiger charge is 1.97. The van der Waals surface area contributed by atoms with Crippen molar-refractivity contribution < 1.29 is 4.74 Å². The van der Waals surface area contributed by atoms with Crippen molar-refractivity contribution in [1.82, 2.24) is 4.98 Å². The fourth-order valence-corrected chi connectivity index (χ4v) is 1.26. The summed E-state index contributed by atoms with van der Waals surface area (Å²) in [4.78, 5) is 8.15. The van der Waals surface area contributed by atoms with Gasteiger partial charge in [0.05, 0.1) is 29.7 Å². The fourth-order valence-electron chi connectivity index (χ4n) is 0.949. The highest BCUT2D eigenvalue weighted by Crippen LogP contribution is 2.22. The fraction of sp³-hybridized carbons (Fsp3) is 0.273. The monoisotopic (exact) mass is 302 g/mol. The molecule has 0 fully saturated rings. The van der Waals surface area contributed by atoms with Crippen LogP contribution in [0.1, 0.15) is 6.92 Å². The van der Waals surface area contributed by atoms with Gasteiger partial charge in [0.1, 0.15) is 5.76 Å². The van der Waals surface area contributed by atoms with Crippen molar-refractivity contribution in [2.45, 2.75) is 6.92 Å². The second-order valence-electron chi connectivity index (χ2n) is 2.81. The molecule has 0 saturated heterocycles. The van der Waals surface area contributed by atoms with E-state index >= 15 is 0 Å². The summed E-state index contributed by atoms with van der Waals surface area (Å²) < 4.78 is 5.40. The van der Waals surface area contributed by atoms with Crippen molar-refractivity contribution >= 4 is 39.4 Å². The number of allylic oxidation sites excluding steroid dienone is 2. The number of nitrogens with zero attached hydrogens (tertiary/aromatic N) is 2. The van der Waals surface area contributed by atoms with E-state index in [2.05, 4.69) is 25.9 Å². The van der Waals surface area contributed by atoms with Crippen LogP contribution in [0.5, 0.6) is 0 Å². The zero-order chi connectivity index (χ0) is 11.8. The molecule has 0 aliphatic carbocycles. The molecule has 0 amide bonds. The van der Waals surface area contributed by atoms with E-state index < -0.39 is 0 Å². The maximum Gasteiger partial charge on any atom is 0.133 e. The van der Waals surface area contributed by atoms with Crippen LogP contribution in [0.15, 0.2) is 35.3 Å². The number of alkyl halides is 1. The molecular formula is C11H12BrClN2O. The summed E-state index contributed by atoms with van der Waals surface area (Å²) in [7, 11) is 0. The zero-order valence-electron chi connectivity index (χ0n) is 8.86. The lowest BCUT2D eigenvalue weighted by Gasteiger charge is -2.03. The number of halogens is 2. The molecule has 5 heteroatoms. The molecule has 0 unspecified atom stereocenters. The van der Waals surface area contributed by atoms with E-state index in [1.165, 1.54) is 0 Å². The van der Waals surface area contributed by atoms with Gasteiger partial charge in [-0.25, -0.2) is 4.99 Å². The molecule has 3 nitrogen and oxygen atoms in total. The minimum absolute atomic E-state index is 0.571. The van der Waals surface area contributed by atoms with Crippen LogP contribution in [-0.2, 0) is 4.74 Å². The standard InChI is InChI=1S/C11H12BrClN2O/c1-2-9(16-6-4-12)7-15-11-8-14-5-3-10(11)13/h2-3,5,7-8H,4,6H2,1H3/b9-2+,15-7-. The number of rotatable bonds is 5. The predicted octanol–water partition coefficient (Wildman–Crippen LogP) is 3.75. The van der Waals surface area contributed by atoms with Gasteiger partial charge in [-0.1, -0.05) is 27.5 Å². The van der Waals surface area contributed by atoms with Crippen LogP contribution in [0, 0.1) is 0 Å². The molecule has 0 saturated carbocycles. The number of aromatic nitrogens is 1. The van der Waals surface area contributed by atoms with Crippen LogP contribution in [0.2, 0.25) is 5.02 Å². The van der Waals surface area contributed by atoms with Gasteiger partial charge in [0.2, 0.25) is 0 Å². The Kier molecular flexibility index (Phi) is 6.11. The maximum absolute atomic E-state index is 5.93. The molecule has 0 spiro atoms. The van der Waals surface area contributed by atoms with Crippen LogP contribution in [0.3, 0.4) is 0 Å². The van der Waals surface area contributed by atoms with E-state index in [-0.39, 0.29) is 0 Å². The first kappa shape index (κ1) is 13.2. The molecule has 86 valence electrons. The van der Waals surface area contributed by atoms with Crippen molar-refractivity contribution in [3.8, 4) is 0 Å². The minimum Gasteiger partial charge on any atom is -0.491 e. The van der Waals surface area contributed by atoms with Crippen LogP contribution in [0.25, 0.3) is 0 Å². The molecule has 1 heterocycles. The van der Waals surface area contributed by atoms with Crippen molar-refractivity contribution in [1.29, 1.82) is 0 Å². The van der Waals surface area contributed by atoms with Crippen molar-refractivity contribution in [2.75, 3.05) is 11.9 Å². The molecule has 0 atom stereocenters. The Hall–Kier alpha value is -0.870. The van der Waals surface area contributed by atoms with Gasteiger partial charge in [0, 0.05) is 11.5 Å². The molecule has 0 aliphatic heterocycles. The summed E-state index contributed by atoms with van der Waals surface area (Å²) >= 11 is 9.22. The lowest BCUT2D eigenvalue weighted by Crippen LogP contribution is -1.96. The van der Waals surface area contributed by atoms with E-state index in [0.717, 1.165) is 5.33 Å². The molecule has 0 bridgehead atoms. The Morgan fingerprint density at radius 1 is 1.69 bits per heavy atom. The molecule has 0 N–H and O–H groups in total. The second-order valence-corrected chi connectivity index (χ2v) is 4.01. The Balaban J connectivity index is 2.68. The van der Waals surface area contributed by atoms with E-state index in [1.54, 1.807) is 24.7 Å². The molecule has 1 aromatic heterocycles. The van der Waals surface area contributed by atoms with Gasteiger partial charge in [0.15, 0.2) is 0 Å². The lowest BCUT2D eigenvalue weighted by molar-refractivity contribution is 0.255. The summed E-state index contributed by atoms with van der Waals surface area (Å²) in [6.45, 7) is 2.49. The highest BCUT2D eigenvalue weighted by molar-refractivity contribution is 9.09. The number of hydrogen-bond donors (Lipinski definition) is 0. The zero-order valence-corrected chi connectivity index (χ0v) is 11.2. The third-order valence-electron chi connectivity index (χ3n) is 1.71. The van der Waals surface area contributed by atoms with Crippen molar-refractivity contribution in [3.05, 3.63) is 35.3 Å². The van der Waals surface area contributed by atoms with Crippen LogP contribution >= 0.6 is 27.5 Å². The number of pyridine rings is 1. The first-order valence-electron chi connectivity index (χ1n) is 4.76. The minimum atomic E-state index is 0.571. The van der Waals surface area contributed by atoms with Crippen LogP contribution in [-0.4, -0.2) is 23.1 Å². The molecular weight excluding hydrogens is 291 g/mol. The molecule has 16 heavy (non-hydrogen) atoms. The lowest BCUT2D eigenvalue weighted by atomic mass is 10.4. The topological polar surface area (TPSA) is 34.5 Å². The third-order valence-corrected chi connectivity index (χ3v) is 2.35. The van der Waals surface area contributed by atoms with Gasteiger partial charge in [-0.2, -0.15) is 0 Å². The van der Waals surface area contributed by atoms with E-state index in [9.17, 15) is 0 Å². The van der Waals surface area contributed by atoms with Gasteiger partial charge in [0.25, 0.3) is 0 Å². The Morgan fingerprint density at radius 2 is 2.50 bits per heavy atom. The maximum atomic E-state index is 5.93. The average Bonchev–Trinajstić information content (AvgIpc) is 2.31. The Morgan fingerprint density at radius 3 is 3.12 bits per heavy atom. The smallest absolute Gasteiger partial charge is 0.133 e. The van der Waals surface area contributed by atoms with E-state index in [4.69, 9.17) is 16.3 Å². The largest absolute Gasteiger partial charge is 0.491 e. The van der Waals surface area contributed by atoms with E-state index in [1.807, 2.05) is 13.0 Å². The molecule has 0 aliphatic rings. The molecule has 1 rings (SSSR count). The quantitative estimate of drug-likeness (QED) is 0.471. The van der Waals surface area contributed by atoms with Crippen LogP contribution < -0.4 is 0 Å². The molecule has 1 aromatic rings. The number of hydrogen-bond acceptors (Lipinski definition) is 3. The summed E-state index contributed by atoms with van der Waals surface area (Å²) in [6, 6.07) is 1.70. The first-order chi connectivity index (χ1) is 7.77. The Labute approximate surface area is 108 Å². The van der Waals surface area contributed by atoms with Gasteiger partial charge < -0.3 is 4.74 Å². The van der Waals surface area contributed by atoms with Gasteiger partial charge in [-0.05, 0) is 19.1 Å². The normalized spacial score (nSPS) is 12.1. The Bertz CT molecular complexity index is 393.